The lowest BCUT2D eigenvalue weighted by molar-refractivity contribution is 0.0987. The van der Waals surface area contributed by atoms with Crippen LogP contribution in [0.3, 0.4) is 0 Å². The van der Waals surface area contributed by atoms with Crippen molar-refractivity contribution < 1.29 is 5.11 Å². The molecule has 3 unspecified atom stereocenters. The molecule has 94 valence electrons. The molecule has 0 amide bonds. The lowest BCUT2D eigenvalue weighted by atomic mass is 9.75. The van der Waals surface area contributed by atoms with E-state index in [0.29, 0.717) is 11.3 Å². The van der Waals surface area contributed by atoms with E-state index in [2.05, 4.69) is 46.8 Å². The van der Waals surface area contributed by atoms with Crippen molar-refractivity contribution in [3.05, 3.63) is 12.2 Å². The molecule has 3 atom stereocenters. The van der Waals surface area contributed by atoms with Gasteiger partial charge in [0.25, 0.3) is 0 Å². The summed E-state index contributed by atoms with van der Waals surface area (Å²) in [5.41, 5.74) is 0.299. The molecule has 0 aliphatic heterocycles. The van der Waals surface area contributed by atoms with Crippen molar-refractivity contribution in [1.82, 2.24) is 0 Å². The Morgan fingerprint density at radius 1 is 1.31 bits per heavy atom. The van der Waals surface area contributed by atoms with Gasteiger partial charge in [-0.2, -0.15) is 0 Å². The van der Waals surface area contributed by atoms with Gasteiger partial charge in [0.05, 0.1) is 6.10 Å². The molecular formula is C15H28O. The maximum atomic E-state index is 9.68. The van der Waals surface area contributed by atoms with E-state index in [9.17, 15) is 5.11 Å². The minimum absolute atomic E-state index is 0.109. The number of hydrogen-bond donors (Lipinski definition) is 1. The fraction of sp³-hybridized carbons (Fsp3) is 0.867. The van der Waals surface area contributed by atoms with Gasteiger partial charge < -0.3 is 5.11 Å². The molecule has 0 heterocycles. The van der Waals surface area contributed by atoms with E-state index >= 15 is 0 Å². The molecule has 1 nitrogen and oxygen atoms in total. The Hall–Kier alpha value is -0.300. The largest absolute Gasteiger partial charge is 0.393 e. The first-order valence-corrected chi connectivity index (χ1v) is 6.55. The van der Waals surface area contributed by atoms with Gasteiger partial charge in [-0.25, -0.2) is 0 Å². The lowest BCUT2D eigenvalue weighted by Crippen LogP contribution is -2.26. The first-order chi connectivity index (χ1) is 7.18. The summed E-state index contributed by atoms with van der Waals surface area (Å²) in [5.74, 6) is 1.47. The zero-order chi connectivity index (χ0) is 12.6. The summed E-state index contributed by atoms with van der Waals surface area (Å²) >= 11 is 0. The van der Waals surface area contributed by atoms with Crippen LogP contribution >= 0.6 is 0 Å². The average Bonchev–Trinajstić information content (AvgIpc) is 2.39. The molecule has 1 aliphatic carbocycles. The second kappa shape index (κ2) is 4.52. The molecule has 0 aromatic carbocycles. The summed E-state index contributed by atoms with van der Waals surface area (Å²) in [4.78, 5) is 0. The van der Waals surface area contributed by atoms with Crippen LogP contribution in [0.15, 0.2) is 12.2 Å². The molecule has 0 aromatic heterocycles. The van der Waals surface area contributed by atoms with Crippen LogP contribution in [0, 0.1) is 22.7 Å². The van der Waals surface area contributed by atoms with E-state index < -0.39 is 0 Å². The van der Waals surface area contributed by atoms with Gasteiger partial charge >= 0.3 is 0 Å². The summed E-state index contributed by atoms with van der Waals surface area (Å²) in [6.07, 6.45) is 6.89. The van der Waals surface area contributed by atoms with Crippen LogP contribution in [-0.4, -0.2) is 11.2 Å². The van der Waals surface area contributed by atoms with E-state index in [0.717, 1.165) is 5.92 Å². The Bertz CT molecular complexity index is 261. The number of hydrogen-bond acceptors (Lipinski definition) is 1. The summed E-state index contributed by atoms with van der Waals surface area (Å²) in [7, 11) is 0. The van der Waals surface area contributed by atoms with Gasteiger partial charge in [-0.3, -0.25) is 0 Å². The van der Waals surface area contributed by atoms with Crippen LogP contribution < -0.4 is 0 Å². The number of aliphatic hydroxyl groups excluding tert-OH is 1. The Kier molecular flexibility index (Phi) is 3.89. The van der Waals surface area contributed by atoms with Crippen molar-refractivity contribution >= 4 is 0 Å². The van der Waals surface area contributed by atoms with Crippen LogP contribution in [0.1, 0.15) is 54.4 Å². The van der Waals surface area contributed by atoms with Crippen molar-refractivity contribution in [2.45, 2.75) is 60.5 Å². The van der Waals surface area contributed by atoms with Crippen molar-refractivity contribution in [1.29, 1.82) is 0 Å². The Morgan fingerprint density at radius 2 is 1.88 bits per heavy atom. The molecule has 0 aromatic rings. The van der Waals surface area contributed by atoms with Gasteiger partial charge in [-0.1, -0.05) is 46.8 Å². The van der Waals surface area contributed by atoms with Crippen molar-refractivity contribution in [2.75, 3.05) is 0 Å². The molecule has 0 radical (unpaired) electrons. The van der Waals surface area contributed by atoms with Gasteiger partial charge in [0, 0.05) is 5.41 Å². The SMILES string of the molecule is CC(O)C(C)(C)/C=C/C1CCC(C)C1(C)C. The Balaban J connectivity index is 2.72. The molecule has 1 fully saturated rings. The molecule has 1 N–H and O–H groups in total. The minimum atomic E-state index is -0.286. The molecule has 0 bridgehead atoms. The Morgan fingerprint density at radius 3 is 2.25 bits per heavy atom. The Labute approximate surface area is 101 Å². The number of allylic oxidation sites excluding steroid dienone is 1. The second-order valence-corrected chi connectivity index (χ2v) is 6.76. The van der Waals surface area contributed by atoms with E-state index in [1.165, 1.54) is 12.8 Å². The zero-order valence-electron chi connectivity index (χ0n) is 11.7. The first-order valence-electron chi connectivity index (χ1n) is 6.55. The van der Waals surface area contributed by atoms with Crippen LogP contribution in [-0.2, 0) is 0 Å². The molecule has 1 saturated carbocycles. The molecular weight excluding hydrogens is 196 g/mol. The predicted octanol–water partition coefficient (Wildman–Crippen LogP) is 4.02. The summed E-state index contributed by atoms with van der Waals surface area (Å²) in [5, 5.41) is 9.68. The topological polar surface area (TPSA) is 20.2 Å². The molecule has 1 aliphatic rings. The maximum Gasteiger partial charge on any atom is 0.0597 e. The van der Waals surface area contributed by atoms with Crippen LogP contribution in [0.4, 0.5) is 0 Å². The maximum absolute atomic E-state index is 9.68. The number of aliphatic hydroxyl groups is 1. The molecule has 0 saturated heterocycles. The predicted molar refractivity (Wildman–Crippen MR) is 70.3 cm³/mol. The van der Waals surface area contributed by atoms with Gasteiger partial charge in [-0.05, 0) is 37.0 Å². The minimum Gasteiger partial charge on any atom is -0.393 e. The van der Waals surface area contributed by atoms with E-state index in [1.54, 1.807) is 0 Å². The van der Waals surface area contributed by atoms with Gasteiger partial charge in [0.1, 0.15) is 0 Å². The normalized spacial score (nSPS) is 32.2. The summed E-state index contributed by atoms with van der Waals surface area (Å²) < 4.78 is 0. The van der Waals surface area contributed by atoms with Crippen molar-refractivity contribution in [3.63, 3.8) is 0 Å². The van der Waals surface area contributed by atoms with Crippen molar-refractivity contribution in [2.24, 2.45) is 22.7 Å². The quantitative estimate of drug-likeness (QED) is 0.718. The highest BCUT2D eigenvalue weighted by Gasteiger charge is 2.39. The second-order valence-electron chi connectivity index (χ2n) is 6.76. The standard InChI is InChI=1S/C15H28O/c1-11-7-8-13(15(11,5)6)9-10-14(3,4)12(2)16/h9-13,16H,7-8H2,1-6H3/b10-9+. The molecule has 1 rings (SSSR count). The summed E-state index contributed by atoms with van der Waals surface area (Å²) in [6, 6.07) is 0. The fourth-order valence-corrected chi connectivity index (χ4v) is 2.39. The first kappa shape index (κ1) is 13.8. The molecule has 16 heavy (non-hydrogen) atoms. The van der Waals surface area contributed by atoms with Crippen molar-refractivity contribution in [3.8, 4) is 0 Å². The highest BCUT2D eigenvalue weighted by molar-refractivity contribution is 5.06. The highest BCUT2D eigenvalue weighted by atomic mass is 16.3. The number of rotatable bonds is 3. The van der Waals surface area contributed by atoms with Crippen LogP contribution in [0.2, 0.25) is 0 Å². The van der Waals surface area contributed by atoms with Crippen LogP contribution in [0.5, 0.6) is 0 Å². The van der Waals surface area contributed by atoms with E-state index in [4.69, 9.17) is 0 Å². The van der Waals surface area contributed by atoms with Gasteiger partial charge in [0.15, 0.2) is 0 Å². The monoisotopic (exact) mass is 224 g/mol. The van der Waals surface area contributed by atoms with Gasteiger partial charge in [0.2, 0.25) is 0 Å². The zero-order valence-corrected chi connectivity index (χ0v) is 11.7. The molecule has 0 spiro atoms. The van der Waals surface area contributed by atoms with E-state index in [-0.39, 0.29) is 11.5 Å². The third kappa shape index (κ3) is 2.68. The highest BCUT2D eigenvalue weighted by Crippen LogP contribution is 2.48. The lowest BCUT2D eigenvalue weighted by Gasteiger charge is -2.31. The van der Waals surface area contributed by atoms with Gasteiger partial charge in [-0.15, -0.1) is 0 Å². The summed E-state index contributed by atoms with van der Waals surface area (Å²) in [6.45, 7) is 13.2. The smallest absolute Gasteiger partial charge is 0.0597 e. The third-order valence-corrected chi connectivity index (χ3v) is 4.97. The van der Waals surface area contributed by atoms with E-state index in [1.807, 2.05) is 6.92 Å². The third-order valence-electron chi connectivity index (χ3n) is 4.97. The van der Waals surface area contributed by atoms with Crippen LogP contribution in [0.25, 0.3) is 0 Å². The average molecular weight is 224 g/mol. The molecule has 1 heteroatoms. The fourth-order valence-electron chi connectivity index (χ4n) is 2.39.